The molecule has 0 radical (unpaired) electrons. The first-order chi connectivity index (χ1) is 8.29. The molecule has 2 nitrogen and oxygen atoms in total. The standard InChI is InChI=1S/C14H16FNO/c1-2-16-8-4-3-5-13-10-11-9-12(15)6-7-14(11)17-13/h3,5-7,9-10,16H,2,4,8H2,1H3/b5-3+. The van der Waals surface area contributed by atoms with Crippen molar-refractivity contribution in [2.75, 3.05) is 13.1 Å². The molecule has 1 N–H and O–H groups in total. The Bertz CT molecular complexity index is 516. The van der Waals surface area contributed by atoms with Crippen LogP contribution in [0.25, 0.3) is 17.0 Å². The largest absolute Gasteiger partial charge is 0.457 e. The van der Waals surface area contributed by atoms with E-state index in [-0.39, 0.29) is 5.82 Å². The molecule has 0 fully saturated rings. The molecule has 0 saturated heterocycles. The number of furan rings is 1. The lowest BCUT2D eigenvalue weighted by Crippen LogP contribution is -2.12. The van der Waals surface area contributed by atoms with Gasteiger partial charge in [0.2, 0.25) is 0 Å². The SMILES string of the molecule is CCNCC/C=C/c1cc2cc(F)ccc2o1. The highest BCUT2D eigenvalue weighted by Crippen LogP contribution is 2.21. The molecule has 0 aliphatic carbocycles. The first kappa shape index (κ1) is 11.9. The van der Waals surface area contributed by atoms with Crippen molar-refractivity contribution < 1.29 is 8.81 Å². The molecule has 2 rings (SSSR count). The van der Waals surface area contributed by atoms with Gasteiger partial charge in [0.15, 0.2) is 0 Å². The van der Waals surface area contributed by atoms with Crippen LogP contribution in [0.1, 0.15) is 19.1 Å². The van der Waals surface area contributed by atoms with Gasteiger partial charge in [0, 0.05) is 5.39 Å². The van der Waals surface area contributed by atoms with Gasteiger partial charge in [0.05, 0.1) is 0 Å². The lowest BCUT2D eigenvalue weighted by atomic mass is 10.2. The first-order valence-corrected chi connectivity index (χ1v) is 5.86. The van der Waals surface area contributed by atoms with Crippen LogP contribution in [0.15, 0.2) is 34.8 Å². The van der Waals surface area contributed by atoms with E-state index >= 15 is 0 Å². The molecular formula is C14H16FNO. The predicted octanol–water partition coefficient (Wildman–Crippen LogP) is 3.58. The zero-order valence-corrected chi connectivity index (χ0v) is 9.87. The van der Waals surface area contributed by atoms with Gasteiger partial charge in [-0.15, -0.1) is 0 Å². The van der Waals surface area contributed by atoms with Gasteiger partial charge in [-0.2, -0.15) is 0 Å². The Labute approximate surface area is 100 Å². The summed E-state index contributed by atoms with van der Waals surface area (Å²) in [7, 11) is 0. The maximum Gasteiger partial charge on any atom is 0.134 e. The Balaban J connectivity index is 2.04. The highest BCUT2D eigenvalue weighted by atomic mass is 19.1. The molecule has 0 amide bonds. The summed E-state index contributed by atoms with van der Waals surface area (Å²) in [6, 6.07) is 6.39. The lowest BCUT2D eigenvalue weighted by Gasteiger charge is -1.94. The van der Waals surface area contributed by atoms with Gasteiger partial charge in [-0.3, -0.25) is 0 Å². The van der Waals surface area contributed by atoms with Crippen molar-refractivity contribution in [2.24, 2.45) is 0 Å². The van der Waals surface area contributed by atoms with E-state index in [1.165, 1.54) is 12.1 Å². The topological polar surface area (TPSA) is 25.2 Å². The molecule has 2 aromatic rings. The monoisotopic (exact) mass is 233 g/mol. The summed E-state index contributed by atoms with van der Waals surface area (Å²) in [4.78, 5) is 0. The number of hydrogen-bond acceptors (Lipinski definition) is 2. The molecule has 3 heteroatoms. The second-order valence-electron chi connectivity index (χ2n) is 3.88. The Morgan fingerprint density at radius 3 is 3.06 bits per heavy atom. The minimum Gasteiger partial charge on any atom is -0.457 e. The van der Waals surface area contributed by atoms with Gasteiger partial charge in [-0.1, -0.05) is 13.0 Å². The normalized spacial score (nSPS) is 11.6. The number of halogens is 1. The summed E-state index contributed by atoms with van der Waals surface area (Å²) in [5.74, 6) is 0.531. The van der Waals surface area contributed by atoms with E-state index in [2.05, 4.69) is 18.3 Å². The fourth-order valence-corrected chi connectivity index (χ4v) is 1.68. The molecule has 0 aliphatic heterocycles. The molecule has 0 bridgehead atoms. The third-order valence-corrected chi connectivity index (χ3v) is 2.52. The van der Waals surface area contributed by atoms with Crippen LogP contribution in [0.3, 0.4) is 0 Å². The van der Waals surface area contributed by atoms with Crippen LogP contribution in [-0.4, -0.2) is 13.1 Å². The smallest absolute Gasteiger partial charge is 0.134 e. The first-order valence-electron chi connectivity index (χ1n) is 5.86. The van der Waals surface area contributed by atoms with Gasteiger partial charge in [0.1, 0.15) is 17.2 Å². The fraction of sp³-hybridized carbons (Fsp3) is 0.286. The molecule has 1 heterocycles. The highest BCUT2D eigenvalue weighted by molar-refractivity contribution is 5.79. The maximum atomic E-state index is 13.0. The van der Waals surface area contributed by atoms with Crippen molar-refractivity contribution in [1.29, 1.82) is 0 Å². The van der Waals surface area contributed by atoms with E-state index in [0.29, 0.717) is 0 Å². The van der Waals surface area contributed by atoms with Gasteiger partial charge >= 0.3 is 0 Å². The summed E-state index contributed by atoms with van der Waals surface area (Å²) in [6.45, 7) is 4.02. The van der Waals surface area contributed by atoms with Gasteiger partial charge in [-0.25, -0.2) is 4.39 Å². The number of benzene rings is 1. The third-order valence-electron chi connectivity index (χ3n) is 2.52. The van der Waals surface area contributed by atoms with Crippen molar-refractivity contribution in [2.45, 2.75) is 13.3 Å². The third kappa shape index (κ3) is 3.17. The average molecular weight is 233 g/mol. The van der Waals surface area contributed by atoms with Crippen LogP contribution >= 0.6 is 0 Å². The second-order valence-corrected chi connectivity index (χ2v) is 3.88. The Kier molecular flexibility index (Phi) is 3.94. The van der Waals surface area contributed by atoms with Crippen molar-refractivity contribution in [3.8, 4) is 0 Å². The minimum absolute atomic E-state index is 0.235. The maximum absolute atomic E-state index is 13.0. The predicted molar refractivity (Wildman–Crippen MR) is 68.4 cm³/mol. The number of fused-ring (bicyclic) bond motifs is 1. The zero-order chi connectivity index (χ0) is 12.1. The van der Waals surface area contributed by atoms with Gasteiger partial charge in [-0.05, 0) is 49.9 Å². The molecule has 1 aromatic carbocycles. The van der Waals surface area contributed by atoms with E-state index in [1.54, 1.807) is 6.07 Å². The second kappa shape index (κ2) is 5.64. The Morgan fingerprint density at radius 2 is 2.24 bits per heavy atom. The van der Waals surface area contributed by atoms with Crippen LogP contribution < -0.4 is 5.32 Å². The fourth-order valence-electron chi connectivity index (χ4n) is 1.68. The van der Waals surface area contributed by atoms with Crippen molar-refractivity contribution >= 4 is 17.0 Å². The van der Waals surface area contributed by atoms with Gasteiger partial charge < -0.3 is 9.73 Å². The Morgan fingerprint density at radius 1 is 1.35 bits per heavy atom. The molecule has 1 aromatic heterocycles. The number of hydrogen-bond donors (Lipinski definition) is 1. The van der Waals surface area contributed by atoms with E-state index in [1.807, 2.05) is 12.1 Å². The molecule has 17 heavy (non-hydrogen) atoms. The molecular weight excluding hydrogens is 217 g/mol. The molecule has 90 valence electrons. The minimum atomic E-state index is -0.235. The molecule has 0 atom stereocenters. The van der Waals surface area contributed by atoms with Crippen molar-refractivity contribution in [3.05, 3.63) is 41.9 Å². The highest BCUT2D eigenvalue weighted by Gasteiger charge is 2.01. The lowest BCUT2D eigenvalue weighted by molar-refractivity contribution is 0.600. The molecule has 0 spiro atoms. The van der Waals surface area contributed by atoms with Crippen LogP contribution in [0.5, 0.6) is 0 Å². The van der Waals surface area contributed by atoms with Crippen LogP contribution in [-0.2, 0) is 0 Å². The number of nitrogens with one attached hydrogen (secondary N) is 1. The Hall–Kier alpha value is -1.61. The quantitative estimate of drug-likeness (QED) is 0.798. The van der Waals surface area contributed by atoms with Crippen LogP contribution in [0.2, 0.25) is 0 Å². The summed E-state index contributed by atoms with van der Waals surface area (Å²) < 4.78 is 18.5. The van der Waals surface area contributed by atoms with Gasteiger partial charge in [0.25, 0.3) is 0 Å². The van der Waals surface area contributed by atoms with E-state index in [0.717, 1.165) is 36.2 Å². The summed E-state index contributed by atoms with van der Waals surface area (Å²) in [5.41, 5.74) is 0.720. The molecule has 0 unspecified atom stereocenters. The van der Waals surface area contributed by atoms with Crippen molar-refractivity contribution in [1.82, 2.24) is 5.32 Å². The van der Waals surface area contributed by atoms with Crippen molar-refractivity contribution in [3.63, 3.8) is 0 Å². The summed E-state index contributed by atoms with van der Waals surface area (Å²) in [6.07, 6.45) is 4.94. The molecule has 0 aliphatic rings. The number of rotatable bonds is 5. The summed E-state index contributed by atoms with van der Waals surface area (Å²) in [5, 5.41) is 4.04. The van der Waals surface area contributed by atoms with Crippen LogP contribution in [0.4, 0.5) is 4.39 Å². The zero-order valence-electron chi connectivity index (χ0n) is 9.87. The van der Waals surface area contributed by atoms with E-state index in [9.17, 15) is 4.39 Å². The van der Waals surface area contributed by atoms with E-state index < -0.39 is 0 Å². The van der Waals surface area contributed by atoms with Crippen LogP contribution in [0, 0.1) is 5.82 Å². The van der Waals surface area contributed by atoms with E-state index in [4.69, 9.17) is 4.42 Å². The average Bonchev–Trinajstić information content (AvgIpc) is 2.70. The summed E-state index contributed by atoms with van der Waals surface area (Å²) >= 11 is 0. The molecule has 0 saturated carbocycles.